The van der Waals surface area contributed by atoms with Crippen molar-refractivity contribution < 1.29 is 19.4 Å². The average molecular weight is 375 g/mol. The monoisotopic (exact) mass is 374 g/mol. The molecule has 7 atom stereocenters. The van der Waals surface area contributed by atoms with Crippen molar-refractivity contribution in [3.8, 4) is 0 Å². The van der Waals surface area contributed by atoms with Gasteiger partial charge in [0.1, 0.15) is 0 Å². The van der Waals surface area contributed by atoms with Crippen molar-refractivity contribution in [3.63, 3.8) is 0 Å². The molecular weight excluding hydrogens is 340 g/mol. The Hall–Kier alpha value is -1.16. The number of hydrogen-bond donors (Lipinski definition) is 1. The molecule has 0 radical (unpaired) electrons. The number of fused-ring (bicyclic) bond motifs is 5. The summed E-state index contributed by atoms with van der Waals surface area (Å²) in [6.45, 7) is 7.64. The molecule has 6 unspecified atom stereocenters. The third-order valence-electron chi connectivity index (χ3n) is 9.08. The molecule has 0 bridgehead atoms. The van der Waals surface area contributed by atoms with Crippen LogP contribution in [0.1, 0.15) is 79.1 Å². The lowest BCUT2D eigenvalue weighted by molar-refractivity contribution is -0.186. The van der Waals surface area contributed by atoms with E-state index in [1.165, 1.54) is 12.5 Å². The molecule has 3 saturated carbocycles. The highest BCUT2D eigenvalue weighted by Crippen LogP contribution is 2.68. The van der Waals surface area contributed by atoms with Gasteiger partial charge in [-0.3, -0.25) is 9.59 Å². The summed E-state index contributed by atoms with van der Waals surface area (Å²) in [6.07, 6.45) is 9.68. The fraction of sp³-hybridized carbons (Fsp3) is 0.826. The van der Waals surface area contributed by atoms with Crippen LogP contribution >= 0.6 is 0 Å². The number of carbonyl (C=O) groups excluding carboxylic acids is 2. The van der Waals surface area contributed by atoms with Gasteiger partial charge in [0.15, 0.2) is 11.4 Å². The summed E-state index contributed by atoms with van der Waals surface area (Å²) in [5.41, 5.74) is 0.442. The zero-order valence-electron chi connectivity index (χ0n) is 17.2. The summed E-state index contributed by atoms with van der Waals surface area (Å²) in [5.74, 6) is 1.25. The van der Waals surface area contributed by atoms with Crippen LogP contribution in [0, 0.1) is 28.6 Å². The fourth-order valence-electron chi connectivity index (χ4n) is 7.70. The predicted octanol–water partition coefficient (Wildman–Crippen LogP) is 4.20. The largest absolute Gasteiger partial charge is 0.451 e. The minimum absolute atomic E-state index is 0.0141. The Balaban J connectivity index is 1.70. The SMILES string of the molecule is CC(=O)O[C@]1(C(C)=O)CCC2C3CC=C4CC(O)CCC4(C)C3CCC21C. The van der Waals surface area contributed by atoms with Crippen LogP contribution in [0.3, 0.4) is 0 Å². The molecule has 1 N–H and O–H groups in total. The first-order valence-electron chi connectivity index (χ1n) is 10.7. The molecule has 4 rings (SSSR count). The van der Waals surface area contributed by atoms with Gasteiger partial charge in [-0.1, -0.05) is 25.5 Å². The molecule has 0 aliphatic heterocycles. The van der Waals surface area contributed by atoms with E-state index in [2.05, 4.69) is 19.9 Å². The first kappa shape index (κ1) is 19.2. The Morgan fingerprint density at radius 3 is 2.44 bits per heavy atom. The minimum Gasteiger partial charge on any atom is -0.451 e. The molecule has 0 spiro atoms. The second-order valence-electron chi connectivity index (χ2n) is 10.1. The Morgan fingerprint density at radius 1 is 1.07 bits per heavy atom. The molecule has 4 aliphatic carbocycles. The molecule has 0 aromatic carbocycles. The smallest absolute Gasteiger partial charge is 0.303 e. The van der Waals surface area contributed by atoms with E-state index in [0.717, 1.165) is 44.9 Å². The lowest BCUT2D eigenvalue weighted by Crippen LogP contribution is -2.58. The van der Waals surface area contributed by atoms with E-state index < -0.39 is 5.60 Å². The number of Topliss-reactive ketones (excluding diaryl/α,β-unsaturated/α-hetero) is 1. The maximum Gasteiger partial charge on any atom is 0.303 e. The molecule has 3 fully saturated rings. The average Bonchev–Trinajstić information content (AvgIpc) is 2.89. The van der Waals surface area contributed by atoms with E-state index in [4.69, 9.17) is 4.74 Å². The molecule has 0 amide bonds. The van der Waals surface area contributed by atoms with Crippen molar-refractivity contribution >= 4 is 11.8 Å². The van der Waals surface area contributed by atoms with Crippen molar-refractivity contribution in [2.75, 3.05) is 0 Å². The number of ether oxygens (including phenoxy) is 1. The lowest BCUT2D eigenvalue weighted by atomic mass is 9.46. The van der Waals surface area contributed by atoms with Crippen LogP contribution in [0.2, 0.25) is 0 Å². The lowest BCUT2D eigenvalue weighted by Gasteiger charge is -2.59. The van der Waals surface area contributed by atoms with Crippen LogP contribution in [0.4, 0.5) is 0 Å². The van der Waals surface area contributed by atoms with Crippen LogP contribution in [0.15, 0.2) is 11.6 Å². The number of hydrogen-bond acceptors (Lipinski definition) is 4. The molecule has 4 heteroatoms. The number of ketones is 1. The molecule has 0 aromatic heterocycles. The van der Waals surface area contributed by atoms with Gasteiger partial charge in [-0.15, -0.1) is 0 Å². The Morgan fingerprint density at radius 2 is 1.78 bits per heavy atom. The molecular formula is C23H34O4. The number of esters is 1. The van der Waals surface area contributed by atoms with E-state index >= 15 is 0 Å². The van der Waals surface area contributed by atoms with Gasteiger partial charge in [-0.05, 0) is 81.5 Å². The maximum absolute atomic E-state index is 12.7. The van der Waals surface area contributed by atoms with E-state index in [-0.39, 0.29) is 28.7 Å². The molecule has 27 heavy (non-hydrogen) atoms. The zero-order chi connectivity index (χ0) is 19.6. The fourth-order valence-corrected chi connectivity index (χ4v) is 7.70. The molecule has 0 heterocycles. The van der Waals surface area contributed by atoms with Crippen molar-refractivity contribution in [2.24, 2.45) is 28.6 Å². The van der Waals surface area contributed by atoms with Gasteiger partial charge in [-0.25, -0.2) is 0 Å². The van der Waals surface area contributed by atoms with Gasteiger partial charge in [0.2, 0.25) is 0 Å². The van der Waals surface area contributed by atoms with Gasteiger partial charge in [0.25, 0.3) is 0 Å². The first-order chi connectivity index (χ1) is 12.6. The highest BCUT2D eigenvalue weighted by molar-refractivity contribution is 5.89. The highest BCUT2D eigenvalue weighted by Gasteiger charge is 2.67. The summed E-state index contributed by atoms with van der Waals surface area (Å²) in [4.78, 5) is 24.6. The number of aliphatic hydroxyl groups is 1. The predicted molar refractivity (Wildman–Crippen MR) is 103 cm³/mol. The number of carbonyl (C=O) groups is 2. The quantitative estimate of drug-likeness (QED) is 0.581. The number of rotatable bonds is 2. The van der Waals surface area contributed by atoms with E-state index in [1.807, 2.05) is 0 Å². The van der Waals surface area contributed by atoms with Gasteiger partial charge >= 0.3 is 5.97 Å². The van der Waals surface area contributed by atoms with Gasteiger partial charge < -0.3 is 9.84 Å². The van der Waals surface area contributed by atoms with Crippen molar-refractivity contribution in [1.29, 1.82) is 0 Å². The number of aliphatic hydroxyl groups excluding tert-OH is 1. The Kier molecular flexibility index (Phi) is 4.38. The third-order valence-corrected chi connectivity index (χ3v) is 9.08. The van der Waals surface area contributed by atoms with Crippen molar-refractivity contribution in [2.45, 2.75) is 90.8 Å². The molecule has 4 aliphatic rings. The van der Waals surface area contributed by atoms with Crippen molar-refractivity contribution in [1.82, 2.24) is 0 Å². The number of allylic oxidation sites excluding steroid dienone is 1. The van der Waals surface area contributed by atoms with Crippen LogP contribution in [0.5, 0.6) is 0 Å². The highest BCUT2D eigenvalue weighted by atomic mass is 16.6. The van der Waals surface area contributed by atoms with E-state index in [9.17, 15) is 14.7 Å². The van der Waals surface area contributed by atoms with E-state index in [1.54, 1.807) is 6.92 Å². The second-order valence-corrected chi connectivity index (χ2v) is 10.1. The topological polar surface area (TPSA) is 63.6 Å². The molecule has 0 saturated heterocycles. The van der Waals surface area contributed by atoms with Crippen LogP contribution in [0.25, 0.3) is 0 Å². The zero-order valence-corrected chi connectivity index (χ0v) is 17.2. The summed E-state index contributed by atoms with van der Waals surface area (Å²) < 4.78 is 5.82. The first-order valence-corrected chi connectivity index (χ1v) is 10.7. The molecule has 0 aromatic rings. The van der Waals surface area contributed by atoms with Gasteiger partial charge in [-0.2, -0.15) is 0 Å². The summed E-state index contributed by atoms with van der Waals surface area (Å²) in [7, 11) is 0. The van der Waals surface area contributed by atoms with Crippen molar-refractivity contribution in [3.05, 3.63) is 11.6 Å². The third kappa shape index (κ3) is 2.51. The minimum atomic E-state index is -0.942. The molecule has 150 valence electrons. The normalized spacial score (nSPS) is 48.7. The second kappa shape index (κ2) is 6.17. The summed E-state index contributed by atoms with van der Waals surface area (Å²) in [5, 5.41) is 10.1. The Bertz CT molecular complexity index is 696. The maximum atomic E-state index is 12.7. The molecule has 4 nitrogen and oxygen atoms in total. The summed E-state index contributed by atoms with van der Waals surface area (Å²) in [6, 6.07) is 0. The van der Waals surface area contributed by atoms with Gasteiger partial charge in [0.05, 0.1) is 6.10 Å². The van der Waals surface area contributed by atoms with Crippen LogP contribution in [-0.4, -0.2) is 28.6 Å². The Labute approximate surface area is 162 Å². The van der Waals surface area contributed by atoms with Crippen LogP contribution < -0.4 is 0 Å². The summed E-state index contributed by atoms with van der Waals surface area (Å²) >= 11 is 0. The van der Waals surface area contributed by atoms with Gasteiger partial charge in [0, 0.05) is 12.3 Å². The van der Waals surface area contributed by atoms with E-state index in [0.29, 0.717) is 24.2 Å². The van der Waals surface area contributed by atoms with Crippen LogP contribution in [-0.2, 0) is 14.3 Å². The standard InChI is InChI=1S/C23H34O4/c1-14(24)23(27-15(2)25)12-9-20-18-6-5-16-13-17(26)7-10-21(16,3)19(18)8-11-22(20,23)4/h5,17-20,26H,6-13H2,1-4H3/t17?,18?,19?,20?,21?,22?,23-/m0/s1.